The Morgan fingerprint density at radius 2 is 2.28 bits per heavy atom. The highest BCUT2D eigenvalue weighted by atomic mass is 79.9. The van der Waals surface area contributed by atoms with Gasteiger partial charge in [0.1, 0.15) is 5.75 Å². The molecule has 0 unspecified atom stereocenters. The molecule has 2 rings (SSSR count). The minimum Gasteiger partial charge on any atom is -0.495 e. The molecule has 1 aromatic rings. The summed E-state index contributed by atoms with van der Waals surface area (Å²) >= 11 is 3.41. The SMILES string of the molecule is COc1cc(Br)cc(C)c1NC(=O)CC1CNC1. The molecule has 5 heteroatoms. The van der Waals surface area contributed by atoms with Gasteiger partial charge in [-0.25, -0.2) is 0 Å². The van der Waals surface area contributed by atoms with Crippen LogP contribution in [0, 0.1) is 12.8 Å². The summed E-state index contributed by atoms with van der Waals surface area (Å²) in [6, 6.07) is 3.82. The van der Waals surface area contributed by atoms with Crippen molar-refractivity contribution >= 4 is 27.5 Å². The van der Waals surface area contributed by atoms with Gasteiger partial charge in [0.05, 0.1) is 12.8 Å². The molecule has 98 valence electrons. The van der Waals surface area contributed by atoms with Crippen LogP contribution in [-0.2, 0) is 4.79 Å². The number of nitrogens with one attached hydrogen (secondary N) is 2. The first-order valence-corrected chi connectivity index (χ1v) is 6.74. The maximum atomic E-state index is 11.9. The Bertz CT molecular complexity index is 459. The summed E-state index contributed by atoms with van der Waals surface area (Å²) in [5.41, 5.74) is 1.75. The molecule has 0 radical (unpaired) electrons. The van der Waals surface area contributed by atoms with Crippen LogP contribution < -0.4 is 15.4 Å². The van der Waals surface area contributed by atoms with Crippen molar-refractivity contribution in [2.24, 2.45) is 5.92 Å². The van der Waals surface area contributed by atoms with Gasteiger partial charge in [0, 0.05) is 10.9 Å². The number of carbonyl (C=O) groups is 1. The van der Waals surface area contributed by atoms with E-state index >= 15 is 0 Å². The fourth-order valence-electron chi connectivity index (χ4n) is 1.98. The number of hydrogen-bond donors (Lipinski definition) is 2. The molecule has 18 heavy (non-hydrogen) atoms. The lowest BCUT2D eigenvalue weighted by Crippen LogP contribution is -2.43. The van der Waals surface area contributed by atoms with Crippen LogP contribution >= 0.6 is 15.9 Å². The van der Waals surface area contributed by atoms with Gasteiger partial charge in [-0.3, -0.25) is 4.79 Å². The lowest BCUT2D eigenvalue weighted by Gasteiger charge is -2.26. The average molecular weight is 313 g/mol. The van der Waals surface area contributed by atoms with E-state index in [1.165, 1.54) is 0 Å². The fourth-order valence-corrected chi connectivity index (χ4v) is 2.53. The molecule has 1 fully saturated rings. The summed E-state index contributed by atoms with van der Waals surface area (Å²) in [6.07, 6.45) is 0.561. The minimum absolute atomic E-state index is 0.0465. The van der Waals surface area contributed by atoms with Gasteiger partial charge in [0.25, 0.3) is 0 Å². The lowest BCUT2D eigenvalue weighted by molar-refractivity contribution is -0.117. The molecular formula is C13H17BrN2O2. The number of rotatable bonds is 4. The van der Waals surface area contributed by atoms with Crippen molar-refractivity contribution in [1.29, 1.82) is 0 Å². The third-order valence-electron chi connectivity index (χ3n) is 3.09. The molecule has 0 spiro atoms. The van der Waals surface area contributed by atoms with E-state index in [2.05, 4.69) is 26.6 Å². The number of anilines is 1. The normalized spacial score (nSPS) is 15.1. The first-order valence-electron chi connectivity index (χ1n) is 5.95. The van der Waals surface area contributed by atoms with E-state index in [1.54, 1.807) is 7.11 Å². The van der Waals surface area contributed by atoms with Gasteiger partial charge in [-0.05, 0) is 43.6 Å². The number of amides is 1. The van der Waals surface area contributed by atoms with Crippen molar-refractivity contribution in [1.82, 2.24) is 5.32 Å². The fraction of sp³-hybridized carbons (Fsp3) is 0.462. The van der Waals surface area contributed by atoms with E-state index < -0.39 is 0 Å². The summed E-state index contributed by atoms with van der Waals surface area (Å²) in [5, 5.41) is 6.10. The van der Waals surface area contributed by atoms with Gasteiger partial charge in [-0.2, -0.15) is 0 Å². The molecule has 0 atom stereocenters. The predicted molar refractivity (Wildman–Crippen MR) is 75.0 cm³/mol. The van der Waals surface area contributed by atoms with Gasteiger partial charge in [0.15, 0.2) is 0 Å². The molecule has 4 nitrogen and oxygen atoms in total. The largest absolute Gasteiger partial charge is 0.495 e. The summed E-state index contributed by atoms with van der Waals surface area (Å²) in [4.78, 5) is 11.9. The van der Waals surface area contributed by atoms with Crippen LogP contribution in [0.25, 0.3) is 0 Å². The van der Waals surface area contributed by atoms with Gasteiger partial charge in [0.2, 0.25) is 5.91 Å². The van der Waals surface area contributed by atoms with E-state index in [0.717, 1.165) is 28.8 Å². The highest BCUT2D eigenvalue weighted by Gasteiger charge is 2.21. The Balaban J connectivity index is 2.09. The predicted octanol–water partition coefficient (Wildman–Crippen LogP) is 2.31. The number of halogens is 1. The lowest BCUT2D eigenvalue weighted by atomic mass is 9.99. The van der Waals surface area contributed by atoms with Crippen LogP contribution in [0.2, 0.25) is 0 Å². The molecule has 1 saturated heterocycles. The second-order valence-electron chi connectivity index (χ2n) is 4.58. The van der Waals surface area contributed by atoms with Crippen LogP contribution in [-0.4, -0.2) is 26.1 Å². The number of methoxy groups -OCH3 is 1. The molecule has 0 aromatic heterocycles. The second kappa shape index (κ2) is 5.71. The Kier molecular flexibility index (Phi) is 4.24. The van der Waals surface area contributed by atoms with Crippen molar-refractivity contribution in [2.75, 3.05) is 25.5 Å². The Hall–Kier alpha value is -1.07. The standard InChI is InChI=1S/C13H17BrN2O2/c1-8-3-10(14)5-11(18-2)13(8)16-12(17)4-9-6-15-7-9/h3,5,9,15H,4,6-7H2,1-2H3,(H,16,17). The Labute approximate surface area is 115 Å². The third-order valence-corrected chi connectivity index (χ3v) is 3.55. The summed E-state index contributed by atoms with van der Waals surface area (Å²) < 4.78 is 6.24. The second-order valence-corrected chi connectivity index (χ2v) is 5.49. The van der Waals surface area contributed by atoms with Crippen LogP contribution in [0.15, 0.2) is 16.6 Å². The van der Waals surface area contributed by atoms with Crippen LogP contribution in [0.1, 0.15) is 12.0 Å². The third kappa shape index (κ3) is 3.03. The van der Waals surface area contributed by atoms with Gasteiger partial charge in [-0.1, -0.05) is 15.9 Å². The zero-order chi connectivity index (χ0) is 13.1. The molecule has 0 saturated carbocycles. The summed E-state index contributed by atoms with van der Waals surface area (Å²) in [7, 11) is 1.60. The van der Waals surface area contributed by atoms with E-state index in [9.17, 15) is 4.79 Å². The monoisotopic (exact) mass is 312 g/mol. The number of benzene rings is 1. The van der Waals surface area contributed by atoms with Crippen LogP contribution in [0.3, 0.4) is 0 Å². The first-order chi connectivity index (χ1) is 8.60. The Morgan fingerprint density at radius 1 is 1.56 bits per heavy atom. The molecular weight excluding hydrogens is 296 g/mol. The summed E-state index contributed by atoms with van der Waals surface area (Å²) in [5.74, 6) is 1.19. The van der Waals surface area contributed by atoms with Gasteiger partial charge >= 0.3 is 0 Å². The van der Waals surface area contributed by atoms with Crippen LogP contribution in [0.4, 0.5) is 5.69 Å². The Morgan fingerprint density at radius 3 is 2.83 bits per heavy atom. The molecule has 0 bridgehead atoms. The van der Waals surface area contributed by atoms with Gasteiger partial charge in [-0.15, -0.1) is 0 Å². The van der Waals surface area contributed by atoms with E-state index in [-0.39, 0.29) is 5.91 Å². The van der Waals surface area contributed by atoms with E-state index in [0.29, 0.717) is 18.1 Å². The quantitative estimate of drug-likeness (QED) is 0.897. The molecule has 1 aliphatic heterocycles. The number of ether oxygens (including phenoxy) is 1. The highest BCUT2D eigenvalue weighted by Crippen LogP contribution is 2.32. The van der Waals surface area contributed by atoms with Crippen LogP contribution in [0.5, 0.6) is 5.75 Å². The average Bonchev–Trinajstić information content (AvgIpc) is 2.27. The molecule has 2 N–H and O–H groups in total. The maximum Gasteiger partial charge on any atom is 0.224 e. The topological polar surface area (TPSA) is 50.4 Å². The number of hydrogen-bond acceptors (Lipinski definition) is 3. The molecule has 1 aliphatic rings. The zero-order valence-corrected chi connectivity index (χ0v) is 12.1. The minimum atomic E-state index is 0.0465. The van der Waals surface area contributed by atoms with Crippen molar-refractivity contribution in [3.8, 4) is 5.75 Å². The molecule has 1 aromatic carbocycles. The van der Waals surface area contributed by atoms with Crippen molar-refractivity contribution in [3.63, 3.8) is 0 Å². The number of carbonyl (C=O) groups excluding carboxylic acids is 1. The van der Waals surface area contributed by atoms with Crippen molar-refractivity contribution < 1.29 is 9.53 Å². The smallest absolute Gasteiger partial charge is 0.224 e. The first kappa shape index (κ1) is 13.4. The van der Waals surface area contributed by atoms with Crippen molar-refractivity contribution in [3.05, 3.63) is 22.2 Å². The van der Waals surface area contributed by atoms with Crippen molar-refractivity contribution in [2.45, 2.75) is 13.3 Å². The van der Waals surface area contributed by atoms with Gasteiger partial charge < -0.3 is 15.4 Å². The van der Waals surface area contributed by atoms with E-state index in [1.807, 2.05) is 19.1 Å². The summed E-state index contributed by atoms with van der Waals surface area (Å²) in [6.45, 7) is 3.82. The van der Waals surface area contributed by atoms with E-state index in [4.69, 9.17) is 4.74 Å². The zero-order valence-electron chi connectivity index (χ0n) is 10.5. The molecule has 1 heterocycles. The molecule has 0 aliphatic carbocycles. The maximum absolute atomic E-state index is 11.9. The number of aryl methyl sites for hydroxylation is 1. The highest BCUT2D eigenvalue weighted by molar-refractivity contribution is 9.10. The molecule has 1 amide bonds.